The molecule has 3 rings (SSSR count). The number of nitrogens with one attached hydrogen (secondary N) is 1. The van der Waals surface area contributed by atoms with Crippen molar-refractivity contribution in [2.75, 3.05) is 7.05 Å². The lowest BCUT2D eigenvalue weighted by molar-refractivity contribution is -0.192. The van der Waals surface area contributed by atoms with Gasteiger partial charge in [0.15, 0.2) is 0 Å². The number of carbonyl (C=O) groups is 1. The van der Waals surface area contributed by atoms with Gasteiger partial charge in [-0.15, -0.1) is 0 Å². The number of rotatable bonds is 3. The van der Waals surface area contributed by atoms with Crippen LogP contribution < -0.4 is 5.32 Å². The molecule has 23 heavy (non-hydrogen) atoms. The summed E-state index contributed by atoms with van der Waals surface area (Å²) < 4.78 is 31.7. The highest BCUT2D eigenvalue weighted by atomic mass is 19.4. The molecular weight excluding hydrogens is 307 g/mol. The summed E-state index contributed by atoms with van der Waals surface area (Å²) in [5.74, 6) is -1.95. The standard InChI is InChI=1S/C15H21N.C2HF3O2/c1-15(6-7-15)13-5-3-4-11(8-13)12-9-14(10-12)16-2;3-2(4,5)1(6)7/h3-5,8,12,14,16H,6-7,9-10H2,1-2H3;(H,6,7). The Morgan fingerprint density at radius 1 is 1.30 bits per heavy atom. The molecule has 128 valence electrons. The number of aliphatic carboxylic acids is 1. The van der Waals surface area contributed by atoms with Gasteiger partial charge in [-0.1, -0.05) is 31.2 Å². The van der Waals surface area contributed by atoms with E-state index in [9.17, 15) is 13.2 Å². The smallest absolute Gasteiger partial charge is 0.475 e. The molecule has 0 saturated heterocycles. The van der Waals surface area contributed by atoms with Crippen molar-refractivity contribution in [2.24, 2.45) is 0 Å². The van der Waals surface area contributed by atoms with Gasteiger partial charge in [0.05, 0.1) is 0 Å². The van der Waals surface area contributed by atoms with Gasteiger partial charge in [-0.2, -0.15) is 13.2 Å². The summed E-state index contributed by atoms with van der Waals surface area (Å²) in [6.45, 7) is 2.39. The second kappa shape index (κ2) is 6.51. The average Bonchev–Trinajstić information content (AvgIpc) is 3.17. The van der Waals surface area contributed by atoms with Crippen LogP contribution in [0.2, 0.25) is 0 Å². The quantitative estimate of drug-likeness (QED) is 0.886. The van der Waals surface area contributed by atoms with Gasteiger partial charge >= 0.3 is 12.1 Å². The molecular formula is C17H22F3NO2. The highest BCUT2D eigenvalue weighted by molar-refractivity contribution is 5.73. The maximum absolute atomic E-state index is 10.6. The molecule has 2 aliphatic carbocycles. The molecule has 0 radical (unpaired) electrons. The first-order chi connectivity index (χ1) is 10.7. The summed E-state index contributed by atoms with van der Waals surface area (Å²) in [6.07, 6.45) is 0.299. The minimum absolute atomic E-state index is 0.516. The van der Waals surface area contributed by atoms with E-state index in [4.69, 9.17) is 9.90 Å². The molecule has 0 aromatic heterocycles. The van der Waals surface area contributed by atoms with Crippen molar-refractivity contribution in [3.63, 3.8) is 0 Å². The largest absolute Gasteiger partial charge is 0.490 e. The minimum atomic E-state index is -5.08. The summed E-state index contributed by atoms with van der Waals surface area (Å²) in [5.41, 5.74) is 3.65. The number of hydrogen-bond donors (Lipinski definition) is 2. The van der Waals surface area contributed by atoms with E-state index in [2.05, 4.69) is 43.6 Å². The van der Waals surface area contributed by atoms with Gasteiger partial charge in [0.2, 0.25) is 0 Å². The Labute approximate surface area is 133 Å². The molecule has 2 aliphatic rings. The first kappa shape index (κ1) is 17.8. The molecule has 1 aromatic carbocycles. The fourth-order valence-corrected chi connectivity index (χ4v) is 2.77. The van der Waals surface area contributed by atoms with Crippen LogP contribution in [0.3, 0.4) is 0 Å². The zero-order chi connectivity index (χ0) is 17.3. The molecule has 3 nitrogen and oxygen atoms in total. The normalized spacial score (nSPS) is 24.9. The molecule has 2 saturated carbocycles. The molecule has 0 aliphatic heterocycles. The lowest BCUT2D eigenvalue weighted by atomic mass is 9.75. The summed E-state index contributed by atoms with van der Waals surface area (Å²) in [6, 6.07) is 10.1. The number of carboxylic acids is 1. The molecule has 0 atom stereocenters. The van der Waals surface area contributed by atoms with Crippen LogP contribution >= 0.6 is 0 Å². The third kappa shape index (κ3) is 4.47. The topological polar surface area (TPSA) is 49.3 Å². The molecule has 2 N–H and O–H groups in total. The third-order valence-corrected chi connectivity index (χ3v) is 4.84. The minimum Gasteiger partial charge on any atom is -0.475 e. The second-order valence-electron chi connectivity index (χ2n) is 6.64. The molecule has 0 unspecified atom stereocenters. The van der Waals surface area contributed by atoms with Gasteiger partial charge in [-0.3, -0.25) is 0 Å². The third-order valence-electron chi connectivity index (χ3n) is 4.84. The average molecular weight is 329 g/mol. The predicted molar refractivity (Wildman–Crippen MR) is 81.5 cm³/mol. The number of hydrogen-bond acceptors (Lipinski definition) is 2. The van der Waals surface area contributed by atoms with Crippen LogP contribution in [0.4, 0.5) is 13.2 Å². The van der Waals surface area contributed by atoms with E-state index in [-0.39, 0.29) is 0 Å². The van der Waals surface area contributed by atoms with E-state index in [0.717, 1.165) is 12.0 Å². The van der Waals surface area contributed by atoms with Crippen LogP contribution in [-0.4, -0.2) is 30.3 Å². The van der Waals surface area contributed by atoms with Crippen LogP contribution in [0, 0.1) is 0 Å². The first-order valence-corrected chi connectivity index (χ1v) is 7.73. The van der Waals surface area contributed by atoms with Gasteiger partial charge in [0.25, 0.3) is 0 Å². The molecule has 0 spiro atoms. The van der Waals surface area contributed by atoms with E-state index in [1.165, 1.54) is 25.7 Å². The Bertz CT molecular complexity index is 561. The number of halogens is 3. The maximum atomic E-state index is 10.6. The molecule has 0 bridgehead atoms. The Balaban J connectivity index is 0.000000236. The van der Waals surface area contributed by atoms with Crippen LogP contribution in [0.5, 0.6) is 0 Å². The van der Waals surface area contributed by atoms with E-state index < -0.39 is 12.1 Å². The van der Waals surface area contributed by atoms with Gasteiger partial charge in [0.1, 0.15) is 0 Å². The Morgan fingerprint density at radius 3 is 2.30 bits per heavy atom. The Hall–Kier alpha value is -1.56. The van der Waals surface area contributed by atoms with Crippen molar-refractivity contribution < 1.29 is 23.1 Å². The van der Waals surface area contributed by atoms with Gasteiger partial charge in [-0.05, 0) is 55.2 Å². The highest BCUT2D eigenvalue weighted by Gasteiger charge is 2.39. The fraction of sp³-hybridized carbons (Fsp3) is 0.588. The molecule has 2 fully saturated rings. The Morgan fingerprint density at radius 2 is 1.87 bits per heavy atom. The first-order valence-electron chi connectivity index (χ1n) is 7.73. The second-order valence-corrected chi connectivity index (χ2v) is 6.64. The number of alkyl halides is 3. The highest BCUT2D eigenvalue weighted by Crippen LogP contribution is 2.48. The van der Waals surface area contributed by atoms with Crippen molar-refractivity contribution >= 4 is 5.97 Å². The van der Waals surface area contributed by atoms with E-state index >= 15 is 0 Å². The maximum Gasteiger partial charge on any atom is 0.490 e. The van der Waals surface area contributed by atoms with Gasteiger partial charge < -0.3 is 10.4 Å². The van der Waals surface area contributed by atoms with Crippen molar-refractivity contribution in [3.05, 3.63) is 35.4 Å². The number of benzene rings is 1. The van der Waals surface area contributed by atoms with E-state index in [1.54, 1.807) is 11.1 Å². The van der Waals surface area contributed by atoms with Gasteiger partial charge in [0, 0.05) is 6.04 Å². The molecule has 1 aromatic rings. The van der Waals surface area contributed by atoms with E-state index in [1.807, 2.05) is 0 Å². The summed E-state index contributed by atoms with van der Waals surface area (Å²) in [5, 5.41) is 10.5. The fourth-order valence-electron chi connectivity index (χ4n) is 2.77. The SMILES string of the molecule is CNC1CC(c2cccc(C3(C)CC3)c2)C1.O=C(O)C(F)(F)F. The number of carboxylic acid groups (broad SMARTS) is 1. The van der Waals surface area contributed by atoms with Crippen molar-refractivity contribution in [1.29, 1.82) is 0 Å². The van der Waals surface area contributed by atoms with Crippen molar-refractivity contribution in [2.45, 2.75) is 56.2 Å². The Kier molecular flexibility index (Phi) is 5.04. The molecule has 6 heteroatoms. The van der Waals surface area contributed by atoms with E-state index in [0.29, 0.717) is 5.41 Å². The summed E-state index contributed by atoms with van der Waals surface area (Å²) in [4.78, 5) is 8.90. The lowest BCUT2D eigenvalue weighted by Crippen LogP contribution is -2.37. The zero-order valence-corrected chi connectivity index (χ0v) is 13.3. The summed E-state index contributed by atoms with van der Waals surface area (Å²) >= 11 is 0. The zero-order valence-electron chi connectivity index (χ0n) is 13.3. The van der Waals surface area contributed by atoms with Crippen LogP contribution in [-0.2, 0) is 10.2 Å². The predicted octanol–water partition coefficient (Wildman–Crippen LogP) is 3.84. The van der Waals surface area contributed by atoms with Crippen LogP contribution in [0.15, 0.2) is 24.3 Å². The van der Waals surface area contributed by atoms with Crippen molar-refractivity contribution in [1.82, 2.24) is 5.32 Å². The van der Waals surface area contributed by atoms with Crippen LogP contribution in [0.1, 0.15) is 49.7 Å². The molecule has 0 amide bonds. The van der Waals surface area contributed by atoms with Crippen LogP contribution in [0.25, 0.3) is 0 Å². The molecule has 0 heterocycles. The summed E-state index contributed by atoms with van der Waals surface area (Å²) in [7, 11) is 2.07. The lowest BCUT2D eigenvalue weighted by Gasteiger charge is -2.35. The van der Waals surface area contributed by atoms with Crippen molar-refractivity contribution in [3.8, 4) is 0 Å². The van der Waals surface area contributed by atoms with Gasteiger partial charge in [-0.25, -0.2) is 4.79 Å². The monoisotopic (exact) mass is 329 g/mol.